The van der Waals surface area contributed by atoms with Gasteiger partial charge in [-0.25, -0.2) is 0 Å². The zero-order valence-electron chi connectivity index (χ0n) is 19.6. The molecule has 0 bridgehead atoms. The molecule has 186 valence electrons. The molecule has 0 atom stereocenters. The monoisotopic (exact) mass is 525 g/mol. The highest BCUT2D eigenvalue weighted by Gasteiger charge is 2.22. The molecule has 2 heterocycles. The minimum Gasteiger partial charge on any atom is -0.493 e. The number of nitrogens with one attached hydrogen (secondary N) is 2. The summed E-state index contributed by atoms with van der Waals surface area (Å²) in [5, 5.41) is 22.8. The lowest BCUT2D eigenvalue weighted by molar-refractivity contribution is 0.156. The van der Waals surface area contributed by atoms with Crippen molar-refractivity contribution < 1.29 is 14.2 Å². The lowest BCUT2D eigenvalue weighted by Crippen LogP contribution is -2.34. The number of rotatable bonds is 8. The van der Waals surface area contributed by atoms with Crippen LogP contribution in [0.1, 0.15) is 35.1 Å². The van der Waals surface area contributed by atoms with Crippen molar-refractivity contribution in [2.75, 3.05) is 25.9 Å². The molecule has 4 N–H and O–H groups in total. The van der Waals surface area contributed by atoms with Gasteiger partial charge in [-0.1, -0.05) is 23.2 Å². The van der Waals surface area contributed by atoms with Crippen molar-refractivity contribution in [1.82, 2.24) is 10.3 Å². The molecule has 2 aromatic carbocycles. The summed E-state index contributed by atoms with van der Waals surface area (Å²) in [5.74, 6) is 1.26. The van der Waals surface area contributed by atoms with Gasteiger partial charge in [0.25, 0.3) is 0 Å². The fraction of sp³-hybridized carbons (Fsp3) is 0.269. The van der Waals surface area contributed by atoms with Crippen LogP contribution in [0.15, 0.2) is 42.7 Å². The van der Waals surface area contributed by atoms with E-state index in [0.29, 0.717) is 55.2 Å². The van der Waals surface area contributed by atoms with Crippen molar-refractivity contribution in [3.05, 3.63) is 75.0 Å². The number of hydrogen-bond donors (Lipinski definition) is 3. The third-order valence-corrected chi connectivity index (χ3v) is 6.54. The average molecular weight is 526 g/mol. The Morgan fingerprint density at radius 2 is 1.92 bits per heavy atom. The maximum absolute atomic E-state index is 9.83. The number of benzene rings is 2. The van der Waals surface area contributed by atoms with Gasteiger partial charge in [0, 0.05) is 34.8 Å². The van der Waals surface area contributed by atoms with Gasteiger partial charge in [-0.15, -0.1) is 0 Å². The highest BCUT2D eigenvalue weighted by Crippen LogP contribution is 2.36. The number of pyridine rings is 1. The van der Waals surface area contributed by atoms with Crippen molar-refractivity contribution in [3.8, 4) is 23.3 Å². The van der Waals surface area contributed by atoms with E-state index in [2.05, 4.69) is 16.4 Å². The number of hydrogen-bond acceptors (Lipinski definition) is 8. The van der Waals surface area contributed by atoms with Crippen LogP contribution in [0.5, 0.6) is 17.2 Å². The molecule has 0 radical (unpaired) electrons. The van der Waals surface area contributed by atoms with Crippen LogP contribution in [0.2, 0.25) is 10.0 Å². The molecule has 1 fully saturated rings. The van der Waals surface area contributed by atoms with Crippen LogP contribution < -0.4 is 25.3 Å². The first kappa shape index (κ1) is 25.6. The Balaban J connectivity index is 1.60. The first-order valence-electron chi connectivity index (χ1n) is 11.3. The minimum atomic E-state index is -0.00979. The summed E-state index contributed by atoms with van der Waals surface area (Å²) in [6, 6.07) is 10.5. The first-order valence-corrected chi connectivity index (χ1v) is 12.1. The van der Waals surface area contributed by atoms with Gasteiger partial charge >= 0.3 is 0 Å². The fourth-order valence-electron chi connectivity index (χ4n) is 3.91. The van der Waals surface area contributed by atoms with E-state index in [-0.39, 0.29) is 18.4 Å². The smallest absolute Gasteiger partial charge is 0.179 e. The number of nitrogens with two attached hydrogens (primary N) is 1. The summed E-state index contributed by atoms with van der Waals surface area (Å²) in [7, 11) is 1.51. The summed E-state index contributed by atoms with van der Waals surface area (Å²) in [6.45, 7) is 1.83. The molecule has 1 aliphatic rings. The number of aromatic nitrogens is 1. The number of nitrogen functional groups attached to an aromatic ring is 1. The van der Waals surface area contributed by atoms with Gasteiger partial charge in [-0.2, -0.15) is 5.26 Å². The van der Waals surface area contributed by atoms with Gasteiger partial charge < -0.3 is 25.3 Å². The Kier molecular flexibility index (Phi) is 8.16. The molecule has 1 aromatic heterocycles. The highest BCUT2D eigenvalue weighted by molar-refractivity contribution is 6.35. The summed E-state index contributed by atoms with van der Waals surface area (Å²) < 4.78 is 17.6. The van der Waals surface area contributed by atoms with Crippen molar-refractivity contribution in [3.63, 3.8) is 0 Å². The normalized spacial score (nSPS) is 13.6. The number of anilines is 1. The van der Waals surface area contributed by atoms with Crippen LogP contribution in [0.4, 0.5) is 5.69 Å². The maximum atomic E-state index is 9.83. The van der Waals surface area contributed by atoms with E-state index in [1.807, 2.05) is 0 Å². The third-order valence-electron chi connectivity index (χ3n) is 5.88. The van der Waals surface area contributed by atoms with Crippen LogP contribution in [-0.4, -0.2) is 37.0 Å². The van der Waals surface area contributed by atoms with Gasteiger partial charge in [0.1, 0.15) is 24.5 Å². The molecule has 0 amide bonds. The van der Waals surface area contributed by atoms with Crippen molar-refractivity contribution in [1.29, 1.82) is 10.7 Å². The van der Waals surface area contributed by atoms with E-state index in [9.17, 15) is 5.26 Å². The predicted molar refractivity (Wildman–Crippen MR) is 140 cm³/mol. The lowest BCUT2D eigenvalue weighted by atomic mass is 9.98. The number of nitrogens with zero attached hydrogens (tertiary/aromatic N) is 2. The summed E-state index contributed by atoms with van der Waals surface area (Å²) >= 11 is 12.4. The van der Waals surface area contributed by atoms with E-state index in [1.165, 1.54) is 19.5 Å². The molecule has 0 spiro atoms. The first-order chi connectivity index (χ1) is 17.4. The number of nitriles is 1. The number of ether oxygens (including phenoxy) is 3. The van der Waals surface area contributed by atoms with Gasteiger partial charge in [0.2, 0.25) is 0 Å². The number of methoxy groups -OCH3 is 1. The summed E-state index contributed by atoms with van der Waals surface area (Å²) in [5.41, 5.74) is 8.51. The molecular weight excluding hydrogens is 501 g/mol. The lowest BCUT2D eigenvalue weighted by Gasteiger charge is -2.25. The Bertz CT molecular complexity index is 1300. The molecule has 3 aromatic rings. The molecule has 0 unspecified atom stereocenters. The van der Waals surface area contributed by atoms with E-state index < -0.39 is 0 Å². The van der Waals surface area contributed by atoms with E-state index in [1.54, 1.807) is 30.3 Å². The second-order valence-corrected chi connectivity index (χ2v) is 9.04. The van der Waals surface area contributed by atoms with Crippen molar-refractivity contribution >= 4 is 34.6 Å². The Labute approximate surface area is 219 Å². The zero-order valence-corrected chi connectivity index (χ0v) is 21.1. The topological polar surface area (TPSA) is 126 Å². The minimum absolute atomic E-state index is 0.00979. The van der Waals surface area contributed by atoms with Gasteiger partial charge in [0.15, 0.2) is 11.5 Å². The Morgan fingerprint density at radius 1 is 1.19 bits per heavy atom. The molecule has 4 rings (SSSR count). The van der Waals surface area contributed by atoms with Crippen LogP contribution >= 0.6 is 23.2 Å². The van der Waals surface area contributed by atoms with Crippen LogP contribution in [0.3, 0.4) is 0 Å². The van der Waals surface area contributed by atoms with E-state index in [0.717, 1.165) is 25.9 Å². The van der Waals surface area contributed by atoms with E-state index >= 15 is 0 Å². The summed E-state index contributed by atoms with van der Waals surface area (Å²) in [6.07, 6.45) is 4.66. The molecular formula is C26H25Cl2N5O3. The van der Waals surface area contributed by atoms with Crippen molar-refractivity contribution in [2.45, 2.75) is 25.6 Å². The molecule has 1 aliphatic heterocycles. The van der Waals surface area contributed by atoms with Gasteiger partial charge in [0.05, 0.1) is 28.4 Å². The quantitative estimate of drug-likeness (QED) is 0.279. The SMILES string of the molecule is COc1cc(C(=N)c2cc(OCc3c(Cl)cncc3Cl)ccc2N)cc(C#N)c1OC1CCNCC1. The zero-order chi connectivity index (χ0) is 25.7. The second kappa shape index (κ2) is 11.5. The standard InChI is InChI=1S/C26H25Cl2N5O3/c1-34-24-9-15(8-16(11-29)26(24)36-17-4-6-32-7-5-17)25(31)19-10-18(2-3-23(19)30)35-14-20-21(27)12-33-13-22(20)28/h2-3,8-10,12-13,17,31-32H,4-7,14,30H2,1H3. The number of piperidine rings is 1. The molecule has 36 heavy (non-hydrogen) atoms. The maximum Gasteiger partial charge on any atom is 0.179 e. The largest absolute Gasteiger partial charge is 0.493 e. The molecule has 8 nitrogen and oxygen atoms in total. The van der Waals surface area contributed by atoms with Crippen LogP contribution in [-0.2, 0) is 6.61 Å². The molecule has 1 saturated heterocycles. The second-order valence-electron chi connectivity index (χ2n) is 8.23. The third kappa shape index (κ3) is 5.65. The van der Waals surface area contributed by atoms with Crippen molar-refractivity contribution in [2.24, 2.45) is 0 Å². The molecule has 10 heteroatoms. The van der Waals surface area contributed by atoms with Crippen LogP contribution in [0.25, 0.3) is 0 Å². The molecule has 0 saturated carbocycles. The molecule has 0 aliphatic carbocycles. The van der Waals surface area contributed by atoms with E-state index in [4.69, 9.17) is 48.6 Å². The van der Waals surface area contributed by atoms with Gasteiger partial charge in [-0.3, -0.25) is 10.4 Å². The number of halogens is 2. The summed E-state index contributed by atoms with van der Waals surface area (Å²) in [4.78, 5) is 3.94. The van der Waals surface area contributed by atoms with Gasteiger partial charge in [-0.05, 0) is 56.3 Å². The fourth-order valence-corrected chi connectivity index (χ4v) is 4.39. The average Bonchev–Trinajstić information content (AvgIpc) is 2.89. The van der Waals surface area contributed by atoms with Crippen LogP contribution in [0, 0.1) is 16.7 Å². The predicted octanol–water partition coefficient (Wildman–Crippen LogP) is 4.98. The highest BCUT2D eigenvalue weighted by atomic mass is 35.5. The Hall–Kier alpha value is -3.51. The Morgan fingerprint density at radius 3 is 2.58 bits per heavy atom.